The SMILES string of the molecule is Cc1cc(NC(=O)c2cc3ccccc3c(N=Nc3c(Cl)cccc3Cl)c2O)cc(C)c1NC(=O)c1cc2ccccc2c(N=Nc2c(Cl)cccc2Cl)c1O. The van der Waals surface area contributed by atoms with Gasteiger partial charge in [-0.15, -0.1) is 20.5 Å². The third-order valence-corrected chi connectivity index (χ3v) is 10.1. The molecule has 2 amide bonds. The molecule has 0 unspecified atom stereocenters. The molecule has 0 aliphatic carbocycles. The molecule has 10 nitrogen and oxygen atoms in total. The Morgan fingerprint density at radius 2 is 0.875 bits per heavy atom. The predicted octanol–water partition coefficient (Wildman–Crippen LogP) is 14.0. The quantitative estimate of drug-likeness (QED) is 0.113. The number of nitrogens with one attached hydrogen (secondary N) is 2. The number of amides is 2. The van der Waals surface area contributed by atoms with Crippen molar-refractivity contribution in [2.45, 2.75) is 13.8 Å². The van der Waals surface area contributed by atoms with E-state index in [2.05, 4.69) is 31.1 Å². The van der Waals surface area contributed by atoms with Crippen molar-refractivity contribution in [2.24, 2.45) is 20.5 Å². The van der Waals surface area contributed by atoms with Gasteiger partial charge in [-0.2, -0.15) is 0 Å². The van der Waals surface area contributed by atoms with E-state index in [4.69, 9.17) is 46.4 Å². The topological polar surface area (TPSA) is 148 Å². The molecule has 0 fully saturated rings. The van der Waals surface area contributed by atoms with E-state index < -0.39 is 23.3 Å². The lowest BCUT2D eigenvalue weighted by Gasteiger charge is -2.16. The maximum atomic E-state index is 13.8. The Bertz CT molecular complexity index is 2750. The van der Waals surface area contributed by atoms with Gasteiger partial charge in [-0.05, 0) is 84.3 Å². The Morgan fingerprint density at radius 3 is 1.30 bits per heavy atom. The monoisotopic (exact) mass is 820 g/mol. The molecule has 14 heteroatoms. The fourth-order valence-corrected chi connectivity index (χ4v) is 7.11. The number of azo groups is 2. The summed E-state index contributed by atoms with van der Waals surface area (Å²) < 4.78 is 0. The maximum absolute atomic E-state index is 13.8. The van der Waals surface area contributed by atoms with Crippen LogP contribution in [0, 0.1) is 13.8 Å². The fourth-order valence-electron chi connectivity index (χ4n) is 6.16. The van der Waals surface area contributed by atoms with Crippen molar-refractivity contribution in [2.75, 3.05) is 10.6 Å². The number of carbonyl (C=O) groups is 2. The van der Waals surface area contributed by atoms with Crippen LogP contribution in [0.1, 0.15) is 31.8 Å². The van der Waals surface area contributed by atoms with Crippen LogP contribution in [0.3, 0.4) is 0 Å². The highest BCUT2D eigenvalue weighted by Gasteiger charge is 2.22. The van der Waals surface area contributed by atoms with Crippen molar-refractivity contribution in [3.63, 3.8) is 0 Å². The van der Waals surface area contributed by atoms with Crippen LogP contribution in [0.4, 0.5) is 34.1 Å². The van der Waals surface area contributed by atoms with Crippen LogP contribution in [0.5, 0.6) is 11.5 Å². The normalized spacial score (nSPS) is 11.5. The number of anilines is 2. The number of aryl methyl sites for hydroxylation is 2. The lowest BCUT2D eigenvalue weighted by Crippen LogP contribution is -2.16. The zero-order valence-electron chi connectivity index (χ0n) is 29.4. The van der Waals surface area contributed by atoms with Gasteiger partial charge in [-0.3, -0.25) is 9.59 Å². The van der Waals surface area contributed by atoms with Gasteiger partial charge in [0.05, 0.1) is 31.2 Å². The first-order chi connectivity index (χ1) is 26.9. The van der Waals surface area contributed by atoms with E-state index in [0.717, 1.165) is 0 Å². The predicted molar refractivity (Wildman–Crippen MR) is 224 cm³/mol. The van der Waals surface area contributed by atoms with Gasteiger partial charge in [0.1, 0.15) is 22.7 Å². The van der Waals surface area contributed by atoms with Crippen LogP contribution in [0.25, 0.3) is 21.5 Å². The summed E-state index contributed by atoms with van der Waals surface area (Å²) in [6.45, 7) is 3.52. The standard InChI is InChI=1S/C42H28Cl4N6O4/c1-21-17-25(47-41(55)28-19-23-9-3-5-11-26(23)35(39(28)53)49-51-37-30(43)13-7-14-31(37)44)18-22(2)34(21)48-42(56)29-20-24-10-4-6-12-27(24)36(40(29)54)50-52-38-32(45)15-8-16-33(38)46/h3-20,53-54H,1-2H3,(H,47,55)(H,48,56). The highest BCUT2D eigenvalue weighted by molar-refractivity contribution is 6.39. The van der Waals surface area contributed by atoms with Crippen molar-refractivity contribution in [1.82, 2.24) is 0 Å². The van der Waals surface area contributed by atoms with E-state index in [1.165, 1.54) is 0 Å². The molecule has 0 saturated heterocycles. The van der Waals surface area contributed by atoms with Gasteiger partial charge >= 0.3 is 0 Å². The van der Waals surface area contributed by atoms with Crippen LogP contribution in [0.15, 0.2) is 130 Å². The smallest absolute Gasteiger partial charge is 0.259 e. The molecule has 4 N–H and O–H groups in total. The second-order valence-corrected chi connectivity index (χ2v) is 14.2. The minimum absolute atomic E-state index is 0.0457. The van der Waals surface area contributed by atoms with Crippen molar-refractivity contribution >= 4 is 114 Å². The second-order valence-electron chi connectivity index (χ2n) is 12.6. The largest absolute Gasteiger partial charge is 0.505 e. The molecular formula is C42H28Cl4N6O4. The fraction of sp³-hybridized carbons (Fsp3) is 0.0476. The second kappa shape index (κ2) is 16.0. The summed E-state index contributed by atoms with van der Waals surface area (Å²) in [6.07, 6.45) is 0. The third-order valence-electron chi connectivity index (χ3n) is 8.88. The Morgan fingerprint density at radius 1 is 0.500 bits per heavy atom. The van der Waals surface area contributed by atoms with Gasteiger partial charge in [0.15, 0.2) is 11.5 Å². The van der Waals surface area contributed by atoms with Crippen LogP contribution in [-0.2, 0) is 0 Å². The Hall–Kier alpha value is -6.04. The van der Waals surface area contributed by atoms with Gasteiger partial charge in [0, 0.05) is 22.1 Å². The number of phenolic OH excluding ortho intramolecular Hbond substituents is 2. The maximum Gasteiger partial charge on any atom is 0.259 e. The van der Waals surface area contributed by atoms with E-state index in [-0.39, 0.29) is 54.0 Å². The van der Waals surface area contributed by atoms with Gasteiger partial charge < -0.3 is 20.8 Å². The Balaban J connectivity index is 1.17. The van der Waals surface area contributed by atoms with Gasteiger partial charge in [0.25, 0.3) is 11.8 Å². The Labute approximate surface area is 340 Å². The summed E-state index contributed by atoms with van der Waals surface area (Å²) in [4.78, 5) is 27.5. The van der Waals surface area contributed by atoms with Crippen molar-refractivity contribution in [3.05, 3.63) is 152 Å². The number of nitrogens with zero attached hydrogens (tertiary/aromatic N) is 4. The number of benzene rings is 7. The average Bonchev–Trinajstić information content (AvgIpc) is 3.16. The van der Waals surface area contributed by atoms with E-state index in [0.29, 0.717) is 44.0 Å². The van der Waals surface area contributed by atoms with Gasteiger partial charge in [-0.1, -0.05) is 107 Å². The van der Waals surface area contributed by atoms with E-state index in [9.17, 15) is 19.8 Å². The number of hydrogen-bond acceptors (Lipinski definition) is 8. The molecule has 0 heterocycles. The molecule has 7 aromatic carbocycles. The number of carbonyl (C=O) groups excluding carboxylic acids is 2. The average molecular weight is 823 g/mol. The lowest BCUT2D eigenvalue weighted by atomic mass is 10.0. The number of fused-ring (bicyclic) bond motifs is 2. The van der Waals surface area contributed by atoms with Crippen molar-refractivity contribution in [1.29, 1.82) is 0 Å². The summed E-state index contributed by atoms with van der Waals surface area (Å²) in [7, 11) is 0. The highest BCUT2D eigenvalue weighted by Crippen LogP contribution is 2.43. The minimum Gasteiger partial charge on any atom is -0.505 e. The summed E-state index contributed by atoms with van der Waals surface area (Å²) in [5.74, 6) is -2.01. The highest BCUT2D eigenvalue weighted by atomic mass is 35.5. The number of aromatic hydroxyl groups is 2. The van der Waals surface area contributed by atoms with Crippen LogP contribution < -0.4 is 10.6 Å². The summed E-state index contributed by atoms with van der Waals surface area (Å²) in [5.41, 5.74) is 2.53. The first-order valence-corrected chi connectivity index (χ1v) is 18.4. The molecule has 0 aliphatic rings. The molecule has 278 valence electrons. The first kappa shape index (κ1) is 38.2. The summed E-state index contributed by atoms with van der Waals surface area (Å²) >= 11 is 25.1. The van der Waals surface area contributed by atoms with Crippen LogP contribution in [0.2, 0.25) is 20.1 Å². The zero-order valence-corrected chi connectivity index (χ0v) is 32.4. The molecule has 0 atom stereocenters. The molecular weight excluding hydrogens is 794 g/mol. The summed E-state index contributed by atoms with van der Waals surface area (Å²) in [6, 6.07) is 30.5. The molecule has 56 heavy (non-hydrogen) atoms. The van der Waals surface area contributed by atoms with Crippen molar-refractivity contribution in [3.8, 4) is 11.5 Å². The van der Waals surface area contributed by atoms with Gasteiger partial charge in [0.2, 0.25) is 0 Å². The van der Waals surface area contributed by atoms with Gasteiger partial charge in [-0.25, -0.2) is 0 Å². The molecule has 0 bridgehead atoms. The number of halogens is 4. The molecule has 0 saturated carbocycles. The van der Waals surface area contributed by atoms with E-state index in [1.807, 2.05) is 0 Å². The minimum atomic E-state index is -0.614. The number of phenols is 2. The third kappa shape index (κ3) is 7.60. The van der Waals surface area contributed by atoms with Crippen LogP contribution >= 0.6 is 46.4 Å². The van der Waals surface area contributed by atoms with E-state index in [1.54, 1.807) is 123 Å². The molecule has 0 spiro atoms. The van der Waals surface area contributed by atoms with Crippen LogP contribution in [-0.4, -0.2) is 22.0 Å². The first-order valence-electron chi connectivity index (χ1n) is 16.9. The lowest BCUT2D eigenvalue weighted by molar-refractivity contribution is 0.101. The molecule has 7 aromatic rings. The zero-order chi connectivity index (χ0) is 39.7. The molecule has 0 aromatic heterocycles. The number of hydrogen-bond donors (Lipinski definition) is 4. The molecule has 7 rings (SSSR count). The van der Waals surface area contributed by atoms with E-state index >= 15 is 0 Å². The molecule has 0 aliphatic heterocycles. The number of rotatable bonds is 8. The summed E-state index contributed by atoms with van der Waals surface area (Å²) in [5, 5.41) is 48.9. The Kier molecular flexibility index (Phi) is 10.9. The molecule has 0 radical (unpaired) electrons. The van der Waals surface area contributed by atoms with Crippen molar-refractivity contribution < 1.29 is 19.8 Å².